The lowest BCUT2D eigenvalue weighted by Crippen LogP contribution is -2.55. The maximum atomic E-state index is 12.5. The van der Waals surface area contributed by atoms with Gasteiger partial charge in [-0.2, -0.15) is 0 Å². The van der Waals surface area contributed by atoms with Gasteiger partial charge in [0.25, 0.3) is 5.91 Å². The molecule has 0 aliphatic carbocycles. The van der Waals surface area contributed by atoms with Gasteiger partial charge in [-0.1, -0.05) is 20.8 Å². The molecule has 6 heteroatoms. The lowest BCUT2D eigenvalue weighted by molar-refractivity contribution is -0.125. The molecule has 22 heavy (non-hydrogen) atoms. The fourth-order valence-corrected chi connectivity index (χ4v) is 2.66. The Balaban J connectivity index is 1.97. The summed E-state index contributed by atoms with van der Waals surface area (Å²) in [6.07, 6.45) is 2.35. The van der Waals surface area contributed by atoms with Crippen LogP contribution in [-0.2, 0) is 4.79 Å². The number of hydrogen-bond donors (Lipinski definition) is 3. The Labute approximate surface area is 131 Å². The van der Waals surface area contributed by atoms with Crippen LogP contribution in [0.2, 0.25) is 0 Å². The van der Waals surface area contributed by atoms with E-state index in [-0.39, 0.29) is 29.5 Å². The summed E-state index contributed by atoms with van der Waals surface area (Å²) in [6.45, 7) is 7.75. The molecule has 0 radical (unpaired) electrons. The molecule has 0 bridgehead atoms. The molecule has 1 fully saturated rings. The van der Waals surface area contributed by atoms with Gasteiger partial charge in [0.1, 0.15) is 6.04 Å². The number of furan rings is 1. The van der Waals surface area contributed by atoms with E-state index in [1.54, 1.807) is 12.1 Å². The van der Waals surface area contributed by atoms with Crippen molar-refractivity contribution in [1.82, 2.24) is 16.0 Å². The van der Waals surface area contributed by atoms with Crippen molar-refractivity contribution in [1.29, 1.82) is 0 Å². The average Bonchev–Trinajstić information content (AvgIpc) is 3.00. The second-order valence-electron chi connectivity index (χ2n) is 6.26. The van der Waals surface area contributed by atoms with Gasteiger partial charge < -0.3 is 20.4 Å². The summed E-state index contributed by atoms with van der Waals surface area (Å²) in [4.78, 5) is 24.6. The molecule has 1 aliphatic heterocycles. The fraction of sp³-hybridized carbons (Fsp3) is 0.625. The fourth-order valence-electron chi connectivity index (χ4n) is 2.66. The van der Waals surface area contributed by atoms with Crippen LogP contribution in [0, 0.1) is 11.8 Å². The predicted octanol–water partition coefficient (Wildman–Crippen LogP) is 1.15. The van der Waals surface area contributed by atoms with Crippen molar-refractivity contribution in [2.75, 3.05) is 13.1 Å². The summed E-state index contributed by atoms with van der Waals surface area (Å²) < 4.78 is 5.07. The Hall–Kier alpha value is -1.82. The topological polar surface area (TPSA) is 83.4 Å². The van der Waals surface area contributed by atoms with Crippen LogP contribution in [0.25, 0.3) is 0 Å². The van der Waals surface area contributed by atoms with Gasteiger partial charge in [0.15, 0.2) is 5.76 Å². The molecule has 2 amide bonds. The smallest absolute Gasteiger partial charge is 0.287 e. The van der Waals surface area contributed by atoms with Crippen molar-refractivity contribution in [2.24, 2.45) is 11.8 Å². The molecule has 3 unspecified atom stereocenters. The first-order valence-corrected chi connectivity index (χ1v) is 7.84. The van der Waals surface area contributed by atoms with Gasteiger partial charge in [-0.05, 0) is 43.5 Å². The monoisotopic (exact) mass is 307 g/mol. The van der Waals surface area contributed by atoms with Crippen LogP contribution in [-0.4, -0.2) is 37.0 Å². The van der Waals surface area contributed by atoms with Crippen LogP contribution >= 0.6 is 0 Å². The lowest BCUT2D eigenvalue weighted by Gasteiger charge is -2.32. The van der Waals surface area contributed by atoms with E-state index < -0.39 is 6.04 Å². The Bertz CT molecular complexity index is 499. The second kappa shape index (κ2) is 7.45. The molecule has 2 rings (SSSR count). The molecule has 6 nitrogen and oxygen atoms in total. The molecule has 1 aliphatic rings. The third-order valence-corrected chi connectivity index (χ3v) is 4.09. The van der Waals surface area contributed by atoms with Crippen molar-refractivity contribution in [3.8, 4) is 0 Å². The number of carbonyl (C=O) groups is 2. The van der Waals surface area contributed by atoms with E-state index in [1.807, 2.05) is 13.8 Å². The summed E-state index contributed by atoms with van der Waals surface area (Å²) in [5, 5.41) is 9.15. The van der Waals surface area contributed by atoms with E-state index in [1.165, 1.54) is 6.26 Å². The average molecular weight is 307 g/mol. The lowest BCUT2D eigenvalue weighted by atomic mass is 9.94. The van der Waals surface area contributed by atoms with Gasteiger partial charge in [-0.25, -0.2) is 0 Å². The molecule has 1 saturated heterocycles. The quantitative estimate of drug-likeness (QED) is 0.762. The summed E-state index contributed by atoms with van der Waals surface area (Å²) in [6, 6.07) is 2.81. The second-order valence-corrected chi connectivity index (χ2v) is 6.26. The zero-order chi connectivity index (χ0) is 16.1. The van der Waals surface area contributed by atoms with Crippen LogP contribution < -0.4 is 16.0 Å². The zero-order valence-corrected chi connectivity index (χ0v) is 13.4. The molecule has 3 atom stereocenters. The van der Waals surface area contributed by atoms with Crippen molar-refractivity contribution in [3.63, 3.8) is 0 Å². The molecule has 122 valence electrons. The minimum Gasteiger partial charge on any atom is -0.459 e. The summed E-state index contributed by atoms with van der Waals surface area (Å²) >= 11 is 0. The number of amides is 2. The molecular formula is C16H25N3O3. The van der Waals surface area contributed by atoms with Crippen LogP contribution in [0.15, 0.2) is 22.8 Å². The van der Waals surface area contributed by atoms with Gasteiger partial charge >= 0.3 is 0 Å². The summed E-state index contributed by atoms with van der Waals surface area (Å²) in [7, 11) is 0. The minimum atomic E-state index is -0.570. The van der Waals surface area contributed by atoms with Crippen LogP contribution in [0.5, 0.6) is 0 Å². The standard InChI is InChI=1S/C16H25N3O3/c1-10(2)14(19-15(20)13-5-4-8-22-13)16(21)18-12-6-7-17-9-11(12)3/h4-5,8,10-12,14,17H,6-7,9H2,1-3H3,(H,18,21)(H,19,20). The number of hydrogen-bond acceptors (Lipinski definition) is 4. The number of piperidine rings is 1. The molecule has 3 N–H and O–H groups in total. The van der Waals surface area contributed by atoms with Crippen LogP contribution in [0.4, 0.5) is 0 Å². The van der Waals surface area contributed by atoms with E-state index in [0.717, 1.165) is 19.5 Å². The van der Waals surface area contributed by atoms with Gasteiger partial charge in [0.2, 0.25) is 5.91 Å². The van der Waals surface area contributed by atoms with Gasteiger partial charge in [-0.3, -0.25) is 9.59 Å². The predicted molar refractivity (Wildman–Crippen MR) is 83.4 cm³/mol. The third-order valence-electron chi connectivity index (χ3n) is 4.09. The largest absolute Gasteiger partial charge is 0.459 e. The molecule has 2 heterocycles. The Morgan fingerprint density at radius 3 is 2.77 bits per heavy atom. The Morgan fingerprint density at radius 1 is 1.41 bits per heavy atom. The molecule has 0 saturated carbocycles. The van der Waals surface area contributed by atoms with Gasteiger partial charge in [0, 0.05) is 6.04 Å². The maximum Gasteiger partial charge on any atom is 0.287 e. The number of carbonyl (C=O) groups excluding carboxylic acids is 2. The summed E-state index contributed by atoms with van der Waals surface area (Å²) in [5.74, 6) is 0.0989. The van der Waals surface area contributed by atoms with Crippen molar-refractivity contribution in [3.05, 3.63) is 24.2 Å². The first-order chi connectivity index (χ1) is 10.5. The van der Waals surface area contributed by atoms with E-state index in [4.69, 9.17) is 4.42 Å². The van der Waals surface area contributed by atoms with Crippen molar-refractivity contribution in [2.45, 2.75) is 39.3 Å². The van der Waals surface area contributed by atoms with E-state index in [2.05, 4.69) is 22.9 Å². The Morgan fingerprint density at radius 2 is 2.18 bits per heavy atom. The maximum absolute atomic E-state index is 12.5. The molecule has 1 aromatic rings. The van der Waals surface area contributed by atoms with Crippen molar-refractivity contribution >= 4 is 11.8 Å². The van der Waals surface area contributed by atoms with Crippen LogP contribution in [0.3, 0.4) is 0 Å². The van der Waals surface area contributed by atoms with E-state index in [9.17, 15) is 9.59 Å². The first kappa shape index (κ1) is 16.5. The highest BCUT2D eigenvalue weighted by Gasteiger charge is 2.29. The zero-order valence-electron chi connectivity index (χ0n) is 13.4. The molecular weight excluding hydrogens is 282 g/mol. The number of rotatable bonds is 5. The van der Waals surface area contributed by atoms with E-state index in [0.29, 0.717) is 5.92 Å². The highest BCUT2D eigenvalue weighted by Crippen LogP contribution is 2.12. The molecule has 0 spiro atoms. The van der Waals surface area contributed by atoms with Gasteiger partial charge in [-0.15, -0.1) is 0 Å². The highest BCUT2D eigenvalue weighted by molar-refractivity contribution is 5.95. The SMILES string of the molecule is CC(C)C(NC(=O)c1ccco1)C(=O)NC1CCNCC1C. The Kier molecular flexibility index (Phi) is 5.60. The molecule has 0 aromatic carbocycles. The highest BCUT2D eigenvalue weighted by atomic mass is 16.3. The van der Waals surface area contributed by atoms with Gasteiger partial charge in [0.05, 0.1) is 6.26 Å². The van der Waals surface area contributed by atoms with E-state index >= 15 is 0 Å². The minimum absolute atomic E-state index is 0.00376. The number of nitrogens with one attached hydrogen (secondary N) is 3. The van der Waals surface area contributed by atoms with Crippen LogP contribution in [0.1, 0.15) is 37.7 Å². The first-order valence-electron chi connectivity index (χ1n) is 7.84. The van der Waals surface area contributed by atoms with Crippen molar-refractivity contribution < 1.29 is 14.0 Å². The third kappa shape index (κ3) is 4.10. The summed E-state index contributed by atoms with van der Waals surface area (Å²) in [5.41, 5.74) is 0. The normalized spacial score (nSPS) is 23.1. The molecule has 1 aromatic heterocycles.